The highest BCUT2D eigenvalue weighted by atomic mass is 16.5. The number of aryl methyl sites for hydroxylation is 1. The highest BCUT2D eigenvalue weighted by Gasteiger charge is 2.14. The van der Waals surface area contributed by atoms with E-state index in [9.17, 15) is 9.59 Å². The number of anilines is 1. The number of nitrogens with zero attached hydrogens (tertiary/aromatic N) is 4. The molecule has 190 valence electrons. The van der Waals surface area contributed by atoms with Gasteiger partial charge in [-0.2, -0.15) is 4.98 Å². The molecule has 1 saturated heterocycles. The Balaban J connectivity index is 1.23. The summed E-state index contributed by atoms with van der Waals surface area (Å²) in [6.45, 7) is 7.08. The summed E-state index contributed by atoms with van der Waals surface area (Å²) in [4.78, 5) is 33.1. The first kappa shape index (κ1) is 25.3. The number of urea groups is 1. The van der Waals surface area contributed by atoms with E-state index in [0.29, 0.717) is 36.8 Å². The molecule has 2 heterocycles. The van der Waals surface area contributed by atoms with Crippen molar-refractivity contribution in [1.82, 2.24) is 25.3 Å². The molecule has 3 aromatic rings. The van der Waals surface area contributed by atoms with E-state index >= 15 is 0 Å². The summed E-state index contributed by atoms with van der Waals surface area (Å²) in [5.41, 5.74) is 3.13. The van der Waals surface area contributed by atoms with Crippen molar-refractivity contribution in [3.05, 3.63) is 65.5 Å². The van der Waals surface area contributed by atoms with E-state index in [1.165, 1.54) is 0 Å². The highest BCUT2D eigenvalue weighted by molar-refractivity contribution is 5.94. The van der Waals surface area contributed by atoms with Crippen molar-refractivity contribution < 1.29 is 18.8 Å². The molecule has 10 heteroatoms. The van der Waals surface area contributed by atoms with Crippen molar-refractivity contribution in [2.24, 2.45) is 0 Å². The summed E-state index contributed by atoms with van der Waals surface area (Å²) in [7, 11) is 1.72. The zero-order chi connectivity index (χ0) is 25.3. The average Bonchev–Trinajstić information content (AvgIpc) is 3.37. The van der Waals surface area contributed by atoms with E-state index in [2.05, 4.69) is 25.7 Å². The number of ether oxygens (including phenoxy) is 1. The van der Waals surface area contributed by atoms with Crippen LogP contribution in [0.1, 0.15) is 21.7 Å². The molecule has 4 rings (SSSR count). The molecule has 0 bridgehead atoms. The number of aromatic nitrogens is 2. The number of benzene rings is 2. The van der Waals surface area contributed by atoms with Crippen LogP contribution in [-0.4, -0.2) is 84.9 Å². The van der Waals surface area contributed by atoms with E-state index in [1.807, 2.05) is 31.2 Å². The van der Waals surface area contributed by atoms with Gasteiger partial charge in [-0.05, 0) is 48.9 Å². The van der Waals surface area contributed by atoms with Gasteiger partial charge in [0, 0.05) is 63.0 Å². The standard InChI is InChI=1S/C26H32N6O4/c1-19-4-3-5-22(18-19)28-26(34)31(2)12-10-23-29-25(36-30-23)21-8-6-20(7-9-21)24(33)27-11-13-32-14-16-35-17-15-32/h3-9,18H,10-17H2,1-2H3,(H,27,33)(H,28,34). The summed E-state index contributed by atoms with van der Waals surface area (Å²) < 4.78 is 10.7. The minimum Gasteiger partial charge on any atom is -0.379 e. The van der Waals surface area contributed by atoms with Crippen LogP contribution in [-0.2, 0) is 11.2 Å². The summed E-state index contributed by atoms with van der Waals surface area (Å²) in [6, 6.07) is 14.5. The Labute approximate surface area is 210 Å². The lowest BCUT2D eigenvalue weighted by Gasteiger charge is -2.26. The summed E-state index contributed by atoms with van der Waals surface area (Å²) >= 11 is 0. The number of hydrogen-bond acceptors (Lipinski definition) is 7. The molecule has 1 aliphatic rings. The summed E-state index contributed by atoms with van der Waals surface area (Å²) in [5, 5.41) is 9.85. The van der Waals surface area contributed by atoms with Gasteiger partial charge < -0.3 is 24.8 Å². The molecule has 0 radical (unpaired) electrons. The van der Waals surface area contributed by atoms with Gasteiger partial charge in [-0.15, -0.1) is 0 Å². The van der Waals surface area contributed by atoms with Crippen molar-refractivity contribution in [3.8, 4) is 11.5 Å². The molecule has 0 spiro atoms. The van der Waals surface area contributed by atoms with Crippen LogP contribution in [0.4, 0.5) is 10.5 Å². The van der Waals surface area contributed by atoms with Crippen LogP contribution in [0.2, 0.25) is 0 Å². The Kier molecular flexibility index (Phi) is 8.64. The molecule has 1 aliphatic heterocycles. The van der Waals surface area contributed by atoms with Crippen LogP contribution < -0.4 is 10.6 Å². The third kappa shape index (κ3) is 7.12. The maximum atomic E-state index is 12.4. The van der Waals surface area contributed by atoms with Gasteiger partial charge in [0.05, 0.1) is 13.2 Å². The van der Waals surface area contributed by atoms with E-state index in [1.54, 1.807) is 36.2 Å². The first-order valence-corrected chi connectivity index (χ1v) is 12.1. The molecule has 1 fully saturated rings. The predicted octanol–water partition coefficient (Wildman–Crippen LogP) is 2.81. The minimum absolute atomic E-state index is 0.118. The molecule has 36 heavy (non-hydrogen) atoms. The SMILES string of the molecule is Cc1cccc(NC(=O)N(C)CCc2noc(-c3ccc(C(=O)NCCN4CCOCC4)cc3)n2)c1. The number of nitrogens with one attached hydrogen (secondary N) is 2. The van der Waals surface area contributed by atoms with Gasteiger partial charge in [-0.3, -0.25) is 9.69 Å². The molecule has 0 aliphatic carbocycles. The van der Waals surface area contributed by atoms with Gasteiger partial charge in [0.15, 0.2) is 5.82 Å². The summed E-state index contributed by atoms with van der Waals surface area (Å²) in [6.07, 6.45) is 0.449. The number of carbonyl (C=O) groups is 2. The van der Waals surface area contributed by atoms with E-state index in [0.717, 1.165) is 49.7 Å². The zero-order valence-electron chi connectivity index (χ0n) is 20.7. The number of rotatable bonds is 9. The zero-order valence-corrected chi connectivity index (χ0v) is 20.7. The van der Waals surface area contributed by atoms with Crippen molar-refractivity contribution in [2.45, 2.75) is 13.3 Å². The Morgan fingerprint density at radius 1 is 1.11 bits per heavy atom. The van der Waals surface area contributed by atoms with Crippen LogP contribution in [0.25, 0.3) is 11.5 Å². The monoisotopic (exact) mass is 492 g/mol. The van der Waals surface area contributed by atoms with Crippen molar-refractivity contribution >= 4 is 17.6 Å². The predicted molar refractivity (Wildman–Crippen MR) is 136 cm³/mol. The molecule has 0 saturated carbocycles. The minimum atomic E-state index is -0.205. The second kappa shape index (κ2) is 12.3. The van der Waals surface area contributed by atoms with Crippen LogP contribution in [0.5, 0.6) is 0 Å². The fraction of sp³-hybridized carbons (Fsp3) is 0.385. The lowest BCUT2D eigenvalue weighted by atomic mass is 10.1. The molecule has 2 N–H and O–H groups in total. The fourth-order valence-corrected chi connectivity index (χ4v) is 3.80. The van der Waals surface area contributed by atoms with Crippen molar-refractivity contribution in [1.29, 1.82) is 0 Å². The molecule has 10 nitrogen and oxygen atoms in total. The number of carbonyl (C=O) groups excluding carboxylic acids is 2. The lowest BCUT2D eigenvalue weighted by molar-refractivity contribution is 0.0383. The molecule has 1 aromatic heterocycles. The second-order valence-corrected chi connectivity index (χ2v) is 8.77. The molecule has 0 unspecified atom stereocenters. The largest absolute Gasteiger partial charge is 0.379 e. The first-order chi connectivity index (χ1) is 17.5. The molecular weight excluding hydrogens is 460 g/mol. The smallest absolute Gasteiger partial charge is 0.321 e. The molecule has 2 aromatic carbocycles. The Morgan fingerprint density at radius 3 is 2.64 bits per heavy atom. The molecular formula is C26H32N6O4. The maximum Gasteiger partial charge on any atom is 0.321 e. The van der Waals surface area contributed by atoms with Gasteiger partial charge in [-0.1, -0.05) is 17.3 Å². The van der Waals surface area contributed by atoms with Crippen molar-refractivity contribution in [3.63, 3.8) is 0 Å². The van der Waals surface area contributed by atoms with Gasteiger partial charge >= 0.3 is 6.03 Å². The van der Waals surface area contributed by atoms with E-state index < -0.39 is 0 Å². The van der Waals surface area contributed by atoms with Crippen LogP contribution in [0, 0.1) is 6.92 Å². The third-order valence-corrected chi connectivity index (χ3v) is 5.97. The number of morpholine rings is 1. The summed E-state index contributed by atoms with van der Waals surface area (Å²) in [5.74, 6) is 0.759. The van der Waals surface area contributed by atoms with Crippen LogP contribution >= 0.6 is 0 Å². The Morgan fingerprint density at radius 2 is 1.89 bits per heavy atom. The van der Waals surface area contributed by atoms with Crippen molar-refractivity contribution in [2.75, 3.05) is 58.3 Å². The second-order valence-electron chi connectivity index (χ2n) is 8.77. The molecule has 3 amide bonds. The van der Waals surface area contributed by atoms with Crippen LogP contribution in [0.3, 0.4) is 0 Å². The molecule has 0 atom stereocenters. The lowest BCUT2D eigenvalue weighted by Crippen LogP contribution is -2.41. The van der Waals surface area contributed by atoms with E-state index in [4.69, 9.17) is 9.26 Å². The topological polar surface area (TPSA) is 113 Å². The van der Waals surface area contributed by atoms with Crippen LogP contribution in [0.15, 0.2) is 53.1 Å². The average molecular weight is 493 g/mol. The van der Waals surface area contributed by atoms with Gasteiger partial charge in [0.1, 0.15) is 0 Å². The number of hydrogen-bond donors (Lipinski definition) is 2. The highest BCUT2D eigenvalue weighted by Crippen LogP contribution is 2.18. The Hall–Kier alpha value is -3.76. The fourth-order valence-electron chi connectivity index (χ4n) is 3.80. The van der Waals surface area contributed by atoms with Gasteiger partial charge in [0.2, 0.25) is 0 Å². The first-order valence-electron chi connectivity index (χ1n) is 12.1. The quantitative estimate of drug-likeness (QED) is 0.472. The third-order valence-electron chi connectivity index (χ3n) is 5.97. The normalized spacial score (nSPS) is 13.8. The van der Waals surface area contributed by atoms with Gasteiger partial charge in [-0.25, -0.2) is 4.79 Å². The Bertz CT molecular complexity index is 1160. The maximum absolute atomic E-state index is 12.4. The van der Waals surface area contributed by atoms with Gasteiger partial charge in [0.25, 0.3) is 11.8 Å². The number of amides is 3. The number of likely N-dealkylation sites (N-methyl/N-ethyl adjacent to an activating group) is 1. The van der Waals surface area contributed by atoms with E-state index in [-0.39, 0.29) is 11.9 Å².